The van der Waals surface area contributed by atoms with Gasteiger partial charge in [-0.1, -0.05) is 139 Å². The Labute approximate surface area is 345 Å². The van der Waals surface area contributed by atoms with Crippen LogP contribution < -0.4 is 0 Å². The first-order chi connectivity index (χ1) is 28.4. The molecule has 0 bridgehead atoms. The van der Waals surface area contributed by atoms with E-state index in [0.29, 0.717) is 0 Å². The Morgan fingerprint density at radius 2 is 0.879 bits per heavy atom. The molecule has 0 N–H and O–H groups in total. The second-order valence-electron chi connectivity index (χ2n) is 16.3. The van der Waals surface area contributed by atoms with Crippen LogP contribution >= 0.6 is 15.9 Å². The molecule has 0 unspecified atom stereocenters. The van der Waals surface area contributed by atoms with Gasteiger partial charge in [0.15, 0.2) is 0 Å². The van der Waals surface area contributed by atoms with Crippen LogP contribution in [0.15, 0.2) is 193 Å². The Morgan fingerprint density at radius 1 is 0.362 bits per heavy atom. The summed E-state index contributed by atoms with van der Waals surface area (Å²) in [5, 5.41) is 7.49. The zero-order valence-corrected chi connectivity index (χ0v) is 33.8. The summed E-state index contributed by atoms with van der Waals surface area (Å²) in [6.07, 6.45) is 0. The highest BCUT2D eigenvalue weighted by Crippen LogP contribution is 2.49. The zero-order chi connectivity index (χ0) is 38.7. The van der Waals surface area contributed by atoms with Crippen LogP contribution in [0.2, 0.25) is 0 Å². The molecule has 0 saturated heterocycles. The van der Waals surface area contributed by atoms with E-state index in [2.05, 4.69) is 227 Å². The van der Waals surface area contributed by atoms with Crippen molar-refractivity contribution >= 4 is 70.3 Å². The van der Waals surface area contributed by atoms with Gasteiger partial charge in [-0.05, 0) is 134 Å². The second kappa shape index (κ2) is 12.4. The maximum Gasteiger partial charge on any atom is 0.0541 e. The average molecular weight is 806 g/mol. The summed E-state index contributed by atoms with van der Waals surface area (Å²) in [6, 6.07) is 69.6. The number of halogens is 1. The van der Waals surface area contributed by atoms with Crippen LogP contribution in [0.3, 0.4) is 0 Å². The first-order valence-electron chi connectivity index (χ1n) is 20.0. The van der Waals surface area contributed by atoms with E-state index in [1.165, 1.54) is 110 Å². The normalized spacial score (nSPS) is 13.2. The number of rotatable bonds is 4. The second-order valence-corrected chi connectivity index (χ2v) is 17.2. The van der Waals surface area contributed by atoms with Crippen molar-refractivity contribution < 1.29 is 0 Å². The van der Waals surface area contributed by atoms with Gasteiger partial charge in [-0.2, -0.15) is 0 Å². The lowest BCUT2D eigenvalue weighted by atomic mass is 9.82. The molecule has 0 saturated carbocycles. The molecule has 12 rings (SSSR count). The van der Waals surface area contributed by atoms with Crippen LogP contribution in [0.5, 0.6) is 0 Å². The van der Waals surface area contributed by atoms with Crippen molar-refractivity contribution in [2.24, 2.45) is 0 Å². The summed E-state index contributed by atoms with van der Waals surface area (Å²) in [7, 11) is 0. The molecule has 274 valence electrons. The number of aromatic nitrogens is 2. The maximum atomic E-state index is 3.91. The Balaban J connectivity index is 0.977. The molecule has 1 aliphatic rings. The molecule has 0 atom stereocenters. The van der Waals surface area contributed by atoms with Gasteiger partial charge in [0.2, 0.25) is 0 Å². The van der Waals surface area contributed by atoms with Gasteiger partial charge in [0, 0.05) is 42.8 Å². The number of nitrogens with zero attached hydrogens (tertiary/aromatic N) is 2. The third-order valence-corrected chi connectivity index (χ3v) is 13.2. The molecule has 3 heteroatoms. The summed E-state index contributed by atoms with van der Waals surface area (Å²) in [5.74, 6) is 0. The standard InChI is InChI=1S/C55H37BrN2/c1-55(2)49-16-8-5-13-43(49)46-33-42(23-24-50(46)55)58-52-18-10-7-15-45(52)48-32-37(21-26-54(48)58)39-27-38(28-40(56)29-39)36-20-25-53-47(31-36)44-14-6-9-17-51(44)57(53)41-22-19-34-11-3-4-12-35(34)30-41/h3-33H,1-2H3. The molecule has 0 fully saturated rings. The predicted molar refractivity (Wildman–Crippen MR) is 249 cm³/mol. The third-order valence-electron chi connectivity index (χ3n) is 12.7. The summed E-state index contributed by atoms with van der Waals surface area (Å²) in [6.45, 7) is 4.69. The van der Waals surface area contributed by atoms with Gasteiger partial charge in [0.1, 0.15) is 0 Å². The Kier molecular flexibility index (Phi) is 7.16. The summed E-state index contributed by atoms with van der Waals surface area (Å²) in [4.78, 5) is 0. The first kappa shape index (κ1) is 33.5. The summed E-state index contributed by atoms with van der Waals surface area (Å²) in [5.41, 5.74) is 17.4. The van der Waals surface area contributed by atoms with Crippen LogP contribution in [-0.2, 0) is 5.41 Å². The SMILES string of the molecule is CC1(C)c2ccccc2-c2cc(-n3c4ccccc4c4cc(-c5cc(Br)cc(-c6ccc7c(c6)c6ccccc6n7-c6ccc7ccccc7c6)c5)ccc43)ccc21. The van der Waals surface area contributed by atoms with E-state index >= 15 is 0 Å². The van der Waals surface area contributed by atoms with Crippen LogP contribution in [-0.4, -0.2) is 9.13 Å². The molecule has 2 nitrogen and oxygen atoms in total. The van der Waals surface area contributed by atoms with Crippen LogP contribution in [0, 0.1) is 0 Å². The van der Waals surface area contributed by atoms with Crippen molar-refractivity contribution in [2.75, 3.05) is 0 Å². The summed E-state index contributed by atoms with van der Waals surface area (Å²) >= 11 is 3.91. The third kappa shape index (κ3) is 4.90. The topological polar surface area (TPSA) is 9.86 Å². The summed E-state index contributed by atoms with van der Waals surface area (Å²) < 4.78 is 5.91. The molecule has 9 aromatic carbocycles. The Bertz CT molecular complexity index is 3510. The minimum absolute atomic E-state index is 0.0223. The van der Waals surface area contributed by atoms with Gasteiger partial charge in [0.05, 0.1) is 22.1 Å². The lowest BCUT2D eigenvalue weighted by molar-refractivity contribution is 0.660. The van der Waals surface area contributed by atoms with E-state index in [0.717, 1.165) is 4.47 Å². The van der Waals surface area contributed by atoms with Crippen molar-refractivity contribution in [1.82, 2.24) is 9.13 Å². The first-order valence-corrected chi connectivity index (χ1v) is 20.8. The largest absolute Gasteiger partial charge is 0.309 e. The fourth-order valence-corrected chi connectivity index (χ4v) is 10.4. The van der Waals surface area contributed by atoms with Crippen molar-refractivity contribution in [3.05, 3.63) is 204 Å². The van der Waals surface area contributed by atoms with Crippen molar-refractivity contribution in [2.45, 2.75) is 19.3 Å². The quantitative estimate of drug-likeness (QED) is 0.168. The fraction of sp³-hybridized carbons (Fsp3) is 0.0545. The van der Waals surface area contributed by atoms with Gasteiger partial charge in [-0.15, -0.1) is 0 Å². The molecule has 2 heterocycles. The van der Waals surface area contributed by atoms with E-state index in [1.807, 2.05) is 0 Å². The molecule has 1 aliphatic carbocycles. The van der Waals surface area contributed by atoms with Crippen LogP contribution in [0.4, 0.5) is 0 Å². The molecule has 11 aromatic rings. The van der Waals surface area contributed by atoms with Crippen molar-refractivity contribution in [3.63, 3.8) is 0 Å². The van der Waals surface area contributed by atoms with Crippen LogP contribution in [0.25, 0.3) is 99.1 Å². The fourth-order valence-electron chi connectivity index (χ4n) is 9.95. The smallest absolute Gasteiger partial charge is 0.0541 e. The van der Waals surface area contributed by atoms with Gasteiger partial charge in [-0.25, -0.2) is 0 Å². The van der Waals surface area contributed by atoms with E-state index in [-0.39, 0.29) is 5.41 Å². The average Bonchev–Trinajstić information content (AvgIpc) is 3.85. The minimum Gasteiger partial charge on any atom is -0.309 e. The van der Waals surface area contributed by atoms with Gasteiger partial charge in [0.25, 0.3) is 0 Å². The highest BCUT2D eigenvalue weighted by molar-refractivity contribution is 9.10. The van der Waals surface area contributed by atoms with Gasteiger partial charge >= 0.3 is 0 Å². The lowest BCUT2D eigenvalue weighted by Crippen LogP contribution is -2.14. The van der Waals surface area contributed by atoms with E-state index in [1.54, 1.807) is 0 Å². The Hall–Kier alpha value is -6.68. The van der Waals surface area contributed by atoms with Crippen molar-refractivity contribution in [1.29, 1.82) is 0 Å². The number of benzene rings is 9. The molecule has 0 aliphatic heterocycles. The van der Waals surface area contributed by atoms with Crippen LogP contribution in [0.1, 0.15) is 25.0 Å². The highest BCUT2D eigenvalue weighted by atomic mass is 79.9. The highest BCUT2D eigenvalue weighted by Gasteiger charge is 2.35. The number of hydrogen-bond acceptors (Lipinski definition) is 0. The Morgan fingerprint density at radius 3 is 1.55 bits per heavy atom. The number of para-hydroxylation sites is 2. The maximum absolute atomic E-state index is 3.91. The minimum atomic E-state index is -0.0223. The van der Waals surface area contributed by atoms with Crippen molar-refractivity contribution in [3.8, 4) is 44.8 Å². The van der Waals surface area contributed by atoms with Gasteiger partial charge in [-0.3, -0.25) is 0 Å². The predicted octanol–water partition coefficient (Wildman–Crippen LogP) is 15.4. The molecule has 58 heavy (non-hydrogen) atoms. The van der Waals surface area contributed by atoms with Gasteiger partial charge < -0.3 is 9.13 Å². The number of fused-ring (bicyclic) bond motifs is 10. The zero-order valence-electron chi connectivity index (χ0n) is 32.2. The van der Waals surface area contributed by atoms with E-state index in [4.69, 9.17) is 0 Å². The van der Waals surface area contributed by atoms with E-state index < -0.39 is 0 Å². The van der Waals surface area contributed by atoms with E-state index in [9.17, 15) is 0 Å². The molecular weight excluding hydrogens is 769 g/mol. The number of hydrogen-bond donors (Lipinski definition) is 0. The monoisotopic (exact) mass is 804 g/mol. The molecule has 2 aromatic heterocycles. The molecule has 0 spiro atoms. The molecular formula is C55H37BrN2. The molecule has 0 amide bonds. The lowest BCUT2D eigenvalue weighted by Gasteiger charge is -2.21. The molecule has 0 radical (unpaired) electrons.